The molecule has 1 aliphatic heterocycles. The molecule has 1 saturated heterocycles. The van der Waals surface area contributed by atoms with Gasteiger partial charge in [0.1, 0.15) is 0 Å². The number of para-hydroxylation sites is 1. The van der Waals surface area contributed by atoms with Crippen molar-refractivity contribution in [1.82, 2.24) is 15.2 Å². The first-order chi connectivity index (χ1) is 10.7. The van der Waals surface area contributed by atoms with Gasteiger partial charge in [-0.15, -0.1) is 0 Å². The van der Waals surface area contributed by atoms with Crippen LogP contribution in [0.5, 0.6) is 0 Å². The maximum atomic E-state index is 12.3. The van der Waals surface area contributed by atoms with Gasteiger partial charge in [0.25, 0.3) is 0 Å². The minimum atomic E-state index is -0.0762. The maximum absolute atomic E-state index is 12.3. The van der Waals surface area contributed by atoms with Gasteiger partial charge in [-0.1, -0.05) is 18.2 Å². The molecule has 0 unspecified atom stereocenters. The lowest BCUT2D eigenvalue weighted by Crippen LogP contribution is -2.42. The molecule has 1 amide bonds. The van der Waals surface area contributed by atoms with Crippen molar-refractivity contribution in [1.29, 1.82) is 0 Å². The summed E-state index contributed by atoms with van der Waals surface area (Å²) in [4.78, 5) is 17.7. The van der Waals surface area contributed by atoms with Gasteiger partial charge in [0.15, 0.2) is 0 Å². The molecule has 0 saturated carbocycles. The number of nitrogens with one attached hydrogen (secondary N) is 2. The molecule has 118 valence electrons. The number of benzene rings is 1. The molecule has 2 aromatic rings. The number of hydrogen-bond donors (Lipinski definition) is 2. The molecule has 0 spiro atoms. The Bertz CT molecular complexity index is 619. The highest BCUT2D eigenvalue weighted by Gasteiger charge is 2.34. The van der Waals surface area contributed by atoms with Crippen LogP contribution in [0.3, 0.4) is 0 Å². The van der Waals surface area contributed by atoms with Crippen LogP contribution < -0.4 is 5.32 Å². The van der Waals surface area contributed by atoms with E-state index in [1.54, 1.807) is 7.11 Å². The number of carbonyl (C=O) groups is 1. The number of fused-ring (bicyclic) bond motifs is 1. The van der Waals surface area contributed by atoms with Crippen LogP contribution >= 0.6 is 0 Å². The number of nitrogens with zero attached hydrogens (tertiary/aromatic N) is 1. The molecule has 22 heavy (non-hydrogen) atoms. The molecule has 0 bridgehead atoms. The zero-order valence-electron chi connectivity index (χ0n) is 13.1. The fraction of sp³-hybridized carbons (Fsp3) is 0.471. The van der Waals surface area contributed by atoms with Gasteiger partial charge in [-0.05, 0) is 31.0 Å². The first-order valence-electron chi connectivity index (χ1n) is 7.74. The Balaban J connectivity index is 1.51. The quantitative estimate of drug-likeness (QED) is 0.881. The van der Waals surface area contributed by atoms with Gasteiger partial charge in [-0.2, -0.15) is 0 Å². The fourth-order valence-electron chi connectivity index (χ4n) is 3.14. The van der Waals surface area contributed by atoms with Crippen molar-refractivity contribution in [3.05, 3.63) is 36.0 Å². The summed E-state index contributed by atoms with van der Waals surface area (Å²) in [6.45, 7) is 1.46. The minimum absolute atomic E-state index is 0.0762. The first kappa shape index (κ1) is 15.1. The van der Waals surface area contributed by atoms with E-state index < -0.39 is 0 Å². The second kappa shape index (κ2) is 6.50. The van der Waals surface area contributed by atoms with Crippen LogP contribution in [-0.4, -0.2) is 55.2 Å². The summed E-state index contributed by atoms with van der Waals surface area (Å²) >= 11 is 0. The average molecular weight is 301 g/mol. The van der Waals surface area contributed by atoms with Gasteiger partial charge in [-0.3, -0.25) is 9.69 Å². The number of methoxy groups -OCH3 is 1. The molecule has 1 aromatic carbocycles. The summed E-state index contributed by atoms with van der Waals surface area (Å²) in [7, 11) is 3.68. The third kappa shape index (κ3) is 3.15. The molecule has 2 N–H and O–H groups in total. The molecular formula is C17H23N3O2. The molecule has 5 nitrogen and oxygen atoms in total. The summed E-state index contributed by atoms with van der Waals surface area (Å²) in [5, 5.41) is 4.25. The molecule has 3 rings (SSSR count). The lowest BCUT2D eigenvalue weighted by Gasteiger charge is -2.18. The predicted octanol–water partition coefficient (Wildman–Crippen LogP) is 1.55. The van der Waals surface area contributed by atoms with Crippen LogP contribution in [0, 0.1) is 0 Å². The van der Waals surface area contributed by atoms with Crippen molar-refractivity contribution in [3.63, 3.8) is 0 Å². The van der Waals surface area contributed by atoms with Crippen molar-refractivity contribution < 1.29 is 9.53 Å². The van der Waals surface area contributed by atoms with Crippen LogP contribution in [0.4, 0.5) is 0 Å². The number of rotatable bonds is 5. The molecule has 2 heterocycles. The van der Waals surface area contributed by atoms with E-state index in [1.807, 2.05) is 19.2 Å². The lowest BCUT2D eigenvalue weighted by atomic mass is 10.2. The van der Waals surface area contributed by atoms with E-state index in [0.717, 1.165) is 30.6 Å². The normalized spacial score (nSPS) is 22.3. The van der Waals surface area contributed by atoms with Gasteiger partial charge in [0.05, 0.1) is 12.1 Å². The summed E-state index contributed by atoms with van der Waals surface area (Å²) in [6.07, 6.45) is 1.74. The number of likely N-dealkylation sites (N-methyl/N-ethyl adjacent to an activating group) is 1. The Hall–Kier alpha value is -1.85. The van der Waals surface area contributed by atoms with Crippen molar-refractivity contribution in [2.24, 2.45) is 0 Å². The smallest absolute Gasteiger partial charge is 0.237 e. The van der Waals surface area contributed by atoms with Crippen LogP contribution in [0.15, 0.2) is 30.3 Å². The zero-order valence-corrected chi connectivity index (χ0v) is 13.1. The monoisotopic (exact) mass is 301 g/mol. The molecule has 1 fully saturated rings. The Morgan fingerprint density at radius 3 is 3.00 bits per heavy atom. The molecule has 2 atom stereocenters. The molecule has 1 aromatic heterocycles. The Kier molecular flexibility index (Phi) is 4.45. The molecule has 0 radical (unpaired) electrons. The number of carbonyl (C=O) groups excluding carboxylic acids is 1. The predicted molar refractivity (Wildman–Crippen MR) is 86.8 cm³/mol. The molecule has 5 heteroatoms. The van der Waals surface area contributed by atoms with E-state index in [0.29, 0.717) is 6.54 Å². The lowest BCUT2D eigenvalue weighted by molar-refractivity contribution is -0.125. The fourth-order valence-corrected chi connectivity index (χ4v) is 3.14. The van der Waals surface area contributed by atoms with Crippen LogP contribution in [0.25, 0.3) is 10.9 Å². The van der Waals surface area contributed by atoms with E-state index in [2.05, 4.69) is 33.4 Å². The van der Waals surface area contributed by atoms with E-state index in [-0.39, 0.29) is 18.1 Å². The van der Waals surface area contributed by atoms with E-state index >= 15 is 0 Å². The van der Waals surface area contributed by atoms with Crippen LogP contribution in [-0.2, 0) is 16.0 Å². The van der Waals surface area contributed by atoms with Gasteiger partial charge >= 0.3 is 0 Å². The average Bonchev–Trinajstić information content (AvgIpc) is 3.09. The largest absolute Gasteiger partial charge is 0.380 e. The van der Waals surface area contributed by atoms with Crippen molar-refractivity contribution in [3.8, 4) is 0 Å². The van der Waals surface area contributed by atoms with Crippen LogP contribution in [0.2, 0.25) is 0 Å². The van der Waals surface area contributed by atoms with Crippen molar-refractivity contribution >= 4 is 16.8 Å². The number of aromatic nitrogens is 1. The third-order valence-electron chi connectivity index (χ3n) is 4.43. The summed E-state index contributed by atoms with van der Waals surface area (Å²) in [5.74, 6) is 0.0955. The topological polar surface area (TPSA) is 57.4 Å². The minimum Gasteiger partial charge on any atom is -0.380 e. The summed E-state index contributed by atoms with van der Waals surface area (Å²) < 4.78 is 5.34. The number of aromatic amines is 1. The Labute approximate surface area is 130 Å². The molecular weight excluding hydrogens is 278 g/mol. The maximum Gasteiger partial charge on any atom is 0.237 e. The molecule has 1 aliphatic rings. The highest BCUT2D eigenvalue weighted by Crippen LogP contribution is 2.18. The van der Waals surface area contributed by atoms with Gasteiger partial charge in [-0.25, -0.2) is 0 Å². The summed E-state index contributed by atoms with van der Waals surface area (Å²) in [6, 6.07) is 10.3. The van der Waals surface area contributed by atoms with Gasteiger partial charge in [0.2, 0.25) is 5.91 Å². The standard InChI is InChI=1S/C17H23N3O2/c1-20-11-14(22-2)10-16(20)17(21)18-8-7-13-9-12-5-3-4-6-15(12)19-13/h3-6,9,14,16,19H,7-8,10-11H2,1-2H3,(H,18,21)/t14-,16-/m0/s1. The Morgan fingerprint density at radius 2 is 2.27 bits per heavy atom. The second-order valence-electron chi connectivity index (χ2n) is 5.97. The Morgan fingerprint density at radius 1 is 1.45 bits per heavy atom. The zero-order chi connectivity index (χ0) is 15.5. The second-order valence-corrected chi connectivity index (χ2v) is 5.97. The number of amides is 1. The number of ether oxygens (including phenoxy) is 1. The van der Waals surface area contributed by atoms with E-state index in [4.69, 9.17) is 4.74 Å². The van der Waals surface area contributed by atoms with Gasteiger partial charge in [0, 0.05) is 37.8 Å². The summed E-state index contributed by atoms with van der Waals surface area (Å²) in [5.41, 5.74) is 2.29. The number of likely N-dealkylation sites (tertiary alicyclic amines) is 1. The van der Waals surface area contributed by atoms with Crippen molar-refractivity contribution in [2.45, 2.75) is 25.0 Å². The van der Waals surface area contributed by atoms with Crippen LogP contribution in [0.1, 0.15) is 12.1 Å². The third-order valence-corrected chi connectivity index (χ3v) is 4.43. The van der Waals surface area contributed by atoms with Crippen molar-refractivity contribution in [2.75, 3.05) is 27.2 Å². The first-order valence-corrected chi connectivity index (χ1v) is 7.74. The SMILES string of the molecule is CO[C@H]1C[C@@H](C(=O)NCCc2cc3ccccc3[nH]2)N(C)C1. The highest BCUT2D eigenvalue weighted by molar-refractivity contribution is 5.82. The number of hydrogen-bond acceptors (Lipinski definition) is 3. The number of H-pyrrole nitrogens is 1. The molecule has 0 aliphatic carbocycles. The highest BCUT2D eigenvalue weighted by atomic mass is 16.5. The van der Waals surface area contributed by atoms with Gasteiger partial charge < -0.3 is 15.0 Å². The van der Waals surface area contributed by atoms with E-state index in [9.17, 15) is 4.79 Å². The van der Waals surface area contributed by atoms with E-state index in [1.165, 1.54) is 5.39 Å².